The largest absolute Gasteiger partial charge is 0.398 e. The smallest absolute Gasteiger partial charge is 0.255 e. The van der Waals surface area contributed by atoms with Crippen molar-refractivity contribution in [1.29, 1.82) is 0 Å². The minimum absolute atomic E-state index is 0.185. The van der Waals surface area contributed by atoms with Crippen molar-refractivity contribution >= 4 is 47.3 Å². The third kappa shape index (κ3) is 8.63. The highest BCUT2D eigenvalue weighted by atomic mass is 32.2. The lowest BCUT2D eigenvalue weighted by atomic mass is 9.99. The van der Waals surface area contributed by atoms with Crippen molar-refractivity contribution < 1.29 is 19.5 Å². The first-order chi connectivity index (χ1) is 19.0. The highest BCUT2D eigenvalue weighted by Crippen LogP contribution is 2.33. The summed E-state index contributed by atoms with van der Waals surface area (Å²) in [5.41, 5.74) is 8.54. The second-order valence-corrected chi connectivity index (χ2v) is 10.2. The Morgan fingerprint density at radius 2 is 1.88 bits per heavy atom. The molecule has 11 nitrogen and oxygen atoms in total. The lowest BCUT2D eigenvalue weighted by Crippen LogP contribution is -2.35. The maximum atomic E-state index is 13.2. The first-order valence-corrected chi connectivity index (χ1v) is 13.3. The number of carbonyl (C=O) groups excluding carboxylic acids is 3. The number of hydrogen-bond acceptors (Lipinski definition) is 9. The summed E-state index contributed by atoms with van der Waals surface area (Å²) < 4.78 is 0. The molecule has 0 aliphatic heterocycles. The maximum absolute atomic E-state index is 13.2. The van der Waals surface area contributed by atoms with E-state index in [2.05, 4.69) is 25.9 Å². The molecular weight excluding hydrogens is 530 g/mol. The number of likely N-dealkylation sites (N-methyl/N-ethyl adjacent to an activating group) is 1. The van der Waals surface area contributed by atoms with E-state index in [0.29, 0.717) is 46.6 Å². The summed E-state index contributed by atoms with van der Waals surface area (Å²) in [5, 5.41) is 23.5. The SMILES string of the molecule is CNC(=O)CNC(=O)c1cncc(-c2cc(N)c(C=NCCC(C)(C)O)cc2NC(=O)c2cccc(SN)c2)c1. The highest BCUT2D eigenvalue weighted by molar-refractivity contribution is 7.97. The van der Waals surface area contributed by atoms with Gasteiger partial charge in [0, 0.05) is 70.7 Å². The molecule has 0 atom stereocenters. The molecule has 210 valence electrons. The predicted molar refractivity (Wildman–Crippen MR) is 158 cm³/mol. The van der Waals surface area contributed by atoms with Crippen LogP contribution in [0.1, 0.15) is 46.5 Å². The fourth-order valence-electron chi connectivity index (χ4n) is 3.56. The third-order valence-electron chi connectivity index (χ3n) is 5.79. The Kier molecular flexibility index (Phi) is 10.4. The summed E-state index contributed by atoms with van der Waals surface area (Å²) >= 11 is 1.03. The molecule has 0 saturated heterocycles. The lowest BCUT2D eigenvalue weighted by Gasteiger charge is -2.16. The first-order valence-electron chi connectivity index (χ1n) is 12.4. The van der Waals surface area contributed by atoms with Crippen molar-refractivity contribution in [2.45, 2.75) is 30.8 Å². The quantitative estimate of drug-likeness (QED) is 0.117. The van der Waals surface area contributed by atoms with Crippen LogP contribution in [0, 0.1) is 0 Å². The average molecular weight is 564 g/mol. The number of pyridine rings is 1. The molecule has 0 unspecified atom stereocenters. The number of aliphatic hydroxyl groups is 1. The molecule has 1 heterocycles. The normalized spacial score (nSPS) is 11.3. The predicted octanol–water partition coefficient (Wildman–Crippen LogP) is 2.60. The molecule has 0 aliphatic carbocycles. The number of aliphatic imine (C=N–C) groups is 1. The number of nitrogens with one attached hydrogen (secondary N) is 3. The van der Waals surface area contributed by atoms with Crippen LogP contribution in [-0.4, -0.2) is 59.8 Å². The van der Waals surface area contributed by atoms with Crippen LogP contribution < -0.4 is 26.8 Å². The molecular formula is C28H33N7O4S. The monoisotopic (exact) mass is 563 g/mol. The molecule has 8 N–H and O–H groups in total. The Morgan fingerprint density at radius 1 is 1.10 bits per heavy atom. The van der Waals surface area contributed by atoms with Gasteiger partial charge in [-0.15, -0.1) is 0 Å². The van der Waals surface area contributed by atoms with Crippen LogP contribution >= 0.6 is 11.9 Å². The van der Waals surface area contributed by atoms with Crippen LogP contribution in [0.4, 0.5) is 11.4 Å². The molecule has 0 radical (unpaired) electrons. The van der Waals surface area contributed by atoms with Crippen molar-refractivity contribution in [3.05, 3.63) is 71.5 Å². The van der Waals surface area contributed by atoms with Crippen LogP contribution in [0.5, 0.6) is 0 Å². The Balaban J connectivity index is 2.00. The first kappa shape index (κ1) is 30.3. The van der Waals surface area contributed by atoms with E-state index >= 15 is 0 Å². The number of rotatable bonds is 11. The van der Waals surface area contributed by atoms with Gasteiger partial charge in [-0.2, -0.15) is 0 Å². The van der Waals surface area contributed by atoms with Gasteiger partial charge in [-0.3, -0.25) is 29.5 Å². The van der Waals surface area contributed by atoms with E-state index < -0.39 is 11.5 Å². The number of benzene rings is 2. The third-order valence-corrected chi connectivity index (χ3v) is 6.31. The standard InChI is InChI=1S/C28H33N7O4S/c1-28(2,39)7-8-32-14-19-11-24(35-27(38)17-5-4-6-21(10-17)40-30)22(12-23(19)29)18-9-20(15-33-13-18)26(37)34-16-25(36)31-3/h4-6,9-15,39H,7-8,16,29-30H2,1-3H3,(H,31,36)(H,34,37)(H,35,38). The molecule has 12 heteroatoms. The Bertz CT molecular complexity index is 1420. The van der Waals surface area contributed by atoms with Crippen LogP contribution in [0.3, 0.4) is 0 Å². The molecule has 1 aromatic heterocycles. The number of amides is 3. The number of hydrogen-bond donors (Lipinski definition) is 6. The molecule has 0 spiro atoms. The zero-order valence-corrected chi connectivity index (χ0v) is 23.3. The maximum Gasteiger partial charge on any atom is 0.255 e. The number of nitrogens with zero attached hydrogens (tertiary/aromatic N) is 2. The fourth-order valence-corrected chi connectivity index (χ4v) is 3.91. The average Bonchev–Trinajstić information content (AvgIpc) is 2.94. The van der Waals surface area contributed by atoms with E-state index in [1.807, 2.05) is 0 Å². The highest BCUT2D eigenvalue weighted by Gasteiger charge is 2.17. The van der Waals surface area contributed by atoms with Gasteiger partial charge in [-0.25, -0.2) is 0 Å². The molecule has 40 heavy (non-hydrogen) atoms. The van der Waals surface area contributed by atoms with Gasteiger partial charge in [-0.05, 0) is 68.6 Å². The van der Waals surface area contributed by atoms with E-state index in [-0.39, 0.29) is 23.9 Å². The number of anilines is 2. The molecule has 3 aromatic rings. The Labute approximate surface area is 237 Å². The van der Waals surface area contributed by atoms with Gasteiger partial charge in [-0.1, -0.05) is 6.07 Å². The number of nitrogen functional groups attached to an aromatic ring is 1. The topological polar surface area (TPSA) is 185 Å². The summed E-state index contributed by atoms with van der Waals surface area (Å²) in [6.45, 7) is 3.61. The van der Waals surface area contributed by atoms with E-state index in [1.54, 1.807) is 68.7 Å². The van der Waals surface area contributed by atoms with E-state index in [0.717, 1.165) is 16.8 Å². The second-order valence-electron chi connectivity index (χ2n) is 9.54. The van der Waals surface area contributed by atoms with Gasteiger partial charge in [0.1, 0.15) is 0 Å². The summed E-state index contributed by atoms with van der Waals surface area (Å²) in [5.74, 6) is -1.20. The lowest BCUT2D eigenvalue weighted by molar-refractivity contribution is -0.119. The minimum atomic E-state index is -0.854. The van der Waals surface area contributed by atoms with Crippen LogP contribution in [-0.2, 0) is 4.79 Å². The molecule has 0 aliphatic rings. The fraction of sp³-hybridized carbons (Fsp3) is 0.250. The number of nitrogens with two attached hydrogens (primary N) is 2. The number of aromatic nitrogens is 1. The molecule has 0 fully saturated rings. The summed E-state index contributed by atoms with van der Waals surface area (Å²) in [4.78, 5) is 46.7. The van der Waals surface area contributed by atoms with E-state index in [1.165, 1.54) is 13.2 Å². The van der Waals surface area contributed by atoms with Gasteiger partial charge >= 0.3 is 0 Å². The molecule has 3 rings (SSSR count). The van der Waals surface area contributed by atoms with Gasteiger partial charge < -0.3 is 26.8 Å². The van der Waals surface area contributed by atoms with E-state index in [9.17, 15) is 19.5 Å². The van der Waals surface area contributed by atoms with Crippen LogP contribution in [0.25, 0.3) is 11.1 Å². The zero-order chi connectivity index (χ0) is 29.3. The summed E-state index contributed by atoms with van der Waals surface area (Å²) in [7, 11) is 1.48. The molecule has 0 bridgehead atoms. The van der Waals surface area contributed by atoms with Crippen LogP contribution in [0.2, 0.25) is 0 Å². The van der Waals surface area contributed by atoms with Gasteiger partial charge in [0.25, 0.3) is 11.8 Å². The van der Waals surface area contributed by atoms with Crippen molar-refractivity contribution in [3.63, 3.8) is 0 Å². The molecule has 2 aromatic carbocycles. The Morgan fingerprint density at radius 3 is 2.58 bits per heavy atom. The summed E-state index contributed by atoms with van der Waals surface area (Å²) in [6.07, 6.45) is 4.97. The van der Waals surface area contributed by atoms with Crippen molar-refractivity contribution in [1.82, 2.24) is 15.6 Å². The summed E-state index contributed by atoms with van der Waals surface area (Å²) in [6, 6.07) is 11.8. The minimum Gasteiger partial charge on any atom is -0.398 e. The van der Waals surface area contributed by atoms with Gasteiger partial charge in [0.05, 0.1) is 17.7 Å². The van der Waals surface area contributed by atoms with Gasteiger partial charge in [0.15, 0.2) is 0 Å². The molecule has 0 saturated carbocycles. The van der Waals surface area contributed by atoms with Crippen molar-refractivity contribution in [2.24, 2.45) is 10.1 Å². The number of carbonyl (C=O) groups is 3. The zero-order valence-electron chi connectivity index (χ0n) is 22.5. The van der Waals surface area contributed by atoms with E-state index in [4.69, 9.17) is 10.9 Å². The van der Waals surface area contributed by atoms with Crippen molar-refractivity contribution in [3.8, 4) is 11.1 Å². The second kappa shape index (κ2) is 13.7. The molecule has 3 amide bonds. The Hall–Kier alpha value is -4.26. The van der Waals surface area contributed by atoms with Crippen molar-refractivity contribution in [2.75, 3.05) is 31.2 Å². The van der Waals surface area contributed by atoms with Crippen LogP contribution in [0.15, 0.2) is 64.7 Å². The van der Waals surface area contributed by atoms with Gasteiger partial charge in [0.2, 0.25) is 5.91 Å².